The summed E-state index contributed by atoms with van der Waals surface area (Å²) in [5, 5.41) is 0.0541. The molecule has 0 aliphatic carbocycles. The lowest BCUT2D eigenvalue weighted by atomic mass is 10.1. The van der Waals surface area contributed by atoms with Gasteiger partial charge in [0.15, 0.2) is 0 Å². The van der Waals surface area contributed by atoms with Crippen LogP contribution in [0.5, 0.6) is 0 Å². The minimum atomic E-state index is -0.467. The molecule has 106 valence electrons. The lowest BCUT2D eigenvalue weighted by Crippen LogP contribution is -2.44. The van der Waals surface area contributed by atoms with Gasteiger partial charge in [0.25, 0.3) is 0 Å². The van der Waals surface area contributed by atoms with Gasteiger partial charge in [0.05, 0.1) is 24.7 Å². The van der Waals surface area contributed by atoms with Crippen LogP contribution in [0.15, 0.2) is 18.2 Å². The van der Waals surface area contributed by atoms with Gasteiger partial charge in [-0.1, -0.05) is 17.7 Å². The minimum Gasteiger partial charge on any atom is -0.370 e. The molecule has 1 heterocycles. The maximum atomic E-state index is 13.1. The van der Waals surface area contributed by atoms with Gasteiger partial charge in [0, 0.05) is 6.54 Å². The van der Waals surface area contributed by atoms with Gasteiger partial charge in [0.1, 0.15) is 11.9 Å². The third kappa shape index (κ3) is 3.79. The number of benzene rings is 1. The van der Waals surface area contributed by atoms with Crippen molar-refractivity contribution >= 4 is 29.9 Å². The number of carbonyl (C=O) groups is 1. The summed E-state index contributed by atoms with van der Waals surface area (Å²) in [6, 6.07) is 4.44. The first-order chi connectivity index (χ1) is 8.61. The summed E-state index contributed by atoms with van der Waals surface area (Å²) in [4.78, 5) is 13.2. The number of ether oxygens (including phenoxy) is 1. The van der Waals surface area contributed by atoms with Crippen LogP contribution < -0.4 is 5.73 Å². The van der Waals surface area contributed by atoms with Crippen LogP contribution in [0.2, 0.25) is 5.02 Å². The summed E-state index contributed by atoms with van der Waals surface area (Å²) in [5.74, 6) is -0.581. The molecule has 1 fully saturated rings. The van der Waals surface area contributed by atoms with Gasteiger partial charge in [-0.05, 0) is 17.7 Å². The number of hydrogen-bond acceptors (Lipinski definition) is 3. The average Bonchev–Trinajstić information content (AvgIpc) is 2.41. The molecule has 2 N–H and O–H groups in total. The minimum absolute atomic E-state index is 0. The Balaban J connectivity index is 0.00000180. The van der Waals surface area contributed by atoms with E-state index in [2.05, 4.69) is 0 Å². The SMILES string of the molecule is Cl.NCC(=O)N1CCOC(c2ccc(F)c(Cl)c2)C1. The maximum absolute atomic E-state index is 13.1. The van der Waals surface area contributed by atoms with Crippen LogP contribution in [-0.4, -0.2) is 37.0 Å². The first kappa shape index (κ1) is 16.2. The second-order valence-corrected chi connectivity index (χ2v) is 4.48. The fourth-order valence-corrected chi connectivity index (χ4v) is 2.11. The van der Waals surface area contributed by atoms with E-state index in [-0.39, 0.29) is 36.0 Å². The van der Waals surface area contributed by atoms with Gasteiger partial charge in [0.2, 0.25) is 5.91 Å². The molecule has 1 amide bonds. The zero-order valence-electron chi connectivity index (χ0n) is 10.1. The van der Waals surface area contributed by atoms with E-state index < -0.39 is 5.82 Å². The highest BCUT2D eigenvalue weighted by Crippen LogP contribution is 2.26. The van der Waals surface area contributed by atoms with Gasteiger partial charge in [-0.25, -0.2) is 4.39 Å². The second-order valence-electron chi connectivity index (χ2n) is 4.08. The molecule has 1 aromatic carbocycles. The number of halogens is 3. The molecule has 1 atom stereocenters. The molecule has 4 nitrogen and oxygen atoms in total. The zero-order valence-corrected chi connectivity index (χ0v) is 11.7. The summed E-state index contributed by atoms with van der Waals surface area (Å²) in [6.45, 7) is 1.36. The molecule has 0 radical (unpaired) electrons. The Morgan fingerprint density at radius 3 is 2.95 bits per heavy atom. The van der Waals surface area contributed by atoms with Crippen molar-refractivity contribution in [2.75, 3.05) is 26.2 Å². The van der Waals surface area contributed by atoms with Crippen LogP contribution in [0.25, 0.3) is 0 Å². The van der Waals surface area contributed by atoms with Crippen molar-refractivity contribution in [2.45, 2.75) is 6.10 Å². The monoisotopic (exact) mass is 308 g/mol. The van der Waals surface area contributed by atoms with E-state index in [0.717, 1.165) is 5.56 Å². The van der Waals surface area contributed by atoms with E-state index >= 15 is 0 Å². The van der Waals surface area contributed by atoms with Crippen molar-refractivity contribution in [1.82, 2.24) is 4.90 Å². The smallest absolute Gasteiger partial charge is 0.236 e. The molecule has 0 aromatic heterocycles. The van der Waals surface area contributed by atoms with Crippen molar-refractivity contribution in [3.8, 4) is 0 Å². The van der Waals surface area contributed by atoms with E-state index in [4.69, 9.17) is 22.1 Å². The Bertz CT molecular complexity index is 459. The van der Waals surface area contributed by atoms with Gasteiger partial charge < -0.3 is 15.4 Å². The van der Waals surface area contributed by atoms with E-state index in [0.29, 0.717) is 19.7 Å². The fourth-order valence-electron chi connectivity index (χ4n) is 1.92. The summed E-state index contributed by atoms with van der Waals surface area (Å²) >= 11 is 5.73. The molecule has 1 aromatic rings. The summed E-state index contributed by atoms with van der Waals surface area (Å²) in [5.41, 5.74) is 6.09. The molecule has 0 saturated carbocycles. The molecule has 1 saturated heterocycles. The van der Waals surface area contributed by atoms with Crippen molar-refractivity contribution in [1.29, 1.82) is 0 Å². The number of amides is 1. The quantitative estimate of drug-likeness (QED) is 0.906. The first-order valence-electron chi connectivity index (χ1n) is 5.66. The molecule has 1 aliphatic heterocycles. The lowest BCUT2D eigenvalue weighted by Gasteiger charge is -2.33. The molecule has 2 rings (SSSR count). The molecule has 0 spiro atoms. The number of nitrogens with two attached hydrogens (primary N) is 1. The van der Waals surface area contributed by atoms with Gasteiger partial charge in [-0.3, -0.25) is 4.79 Å². The second kappa shape index (κ2) is 7.05. The largest absolute Gasteiger partial charge is 0.370 e. The van der Waals surface area contributed by atoms with Crippen LogP contribution in [0.4, 0.5) is 4.39 Å². The van der Waals surface area contributed by atoms with Crippen molar-refractivity contribution in [3.05, 3.63) is 34.6 Å². The van der Waals surface area contributed by atoms with Gasteiger partial charge in [-0.2, -0.15) is 0 Å². The number of rotatable bonds is 2. The highest BCUT2D eigenvalue weighted by atomic mass is 35.5. The number of nitrogens with zero attached hydrogens (tertiary/aromatic N) is 1. The average molecular weight is 309 g/mol. The lowest BCUT2D eigenvalue weighted by molar-refractivity contribution is -0.137. The molecule has 1 aliphatic rings. The predicted octanol–water partition coefficient (Wildman–Crippen LogP) is 1.76. The highest BCUT2D eigenvalue weighted by Gasteiger charge is 2.25. The van der Waals surface area contributed by atoms with E-state index in [9.17, 15) is 9.18 Å². The zero-order chi connectivity index (χ0) is 13.1. The third-order valence-electron chi connectivity index (χ3n) is 2.91. The molecule has 19 heavy (non-hydrogen) atoms. The summed E-state index contributed by atoms with van der Waals surface area (Å²) < 4.78 is 18.6. The van der Waals surface area contributed by atoms with Crippen molar-refractivity contribution in [3.63, 3.8) is 0 Å². The van der Waals surface area contributed by atoms with Gasteiger partial charge in [-0.15, -0.1) is 12.4 Å². The van der Waals surface area contributed by atoms with Crippen LogP contribution >= 0.6 is 24.0 Å². The molecular formula is C12H15Cl2FN2O2. The Kier molecular flexibility index (Phi) is 6.00. The first-order valence-corrected chi connectivity index (χ1v) is 6.04. The Labute approximate surface area is 122 Å². The third-order valence-corrected chi connectivity index (χ3v) is 3.20. The summed E-state index contributed by atoms with van der Waals surface area (Å²) in [6.07, 6.45) is -0.285. The Morgan fingerprint density at radius 1 is 1.58 bits per heavy atom. The normalized spacial score (nSPS) is 18.9. The number of morpholine rings is 1. The molecule has 7 heteroatoms. The topological polar surface area (TPSA) is 55.6 Å². The van der Waals surface area contributed by atoms with Crippen molar-refractivity contribution in [2.24, 2.45) is 5.73 Å². The van der Waals surface area contributed by atoms with Crippen LogP contribution in [-0.2, 0) is 9.53 Å². The molecule has 0 bridgehead atoms. The molecular weight excluding hydrogens is 294 g/mol. The van der Waals surface area contributed by atoms with Gasteiger partial charge >= 0.3 is 0 Å². The Morgan fingerprint density at radius 2 is 2.32 bits per heavy atom. The van der Waals surface area contributed by atoms with E-state index in [1.54, 1.807) is 11.0 Å². The van der Waals surface area contributed by atoms with Crippen molar-refractivity contribution < 1.29 is 13.9 Å². The Hall–Kier alpha value is -0.880. The standard InChI is InChI=1S/C12H14ClFN2O2.ClH/c13-9-5-8(1-2-10(9)14)11-7-16(3-4-18-11)12(17)6-15;/h1-2,5,11H,3-4,6-7,15H2;1H. The van der Waals surface area contributed by atoms with Crippen LogP contribution in [0, 0.1) is 5.82 Å². The predicted molar refractivity (Wildman–Crippen MR) is 73.0 cm³/mol. The highest BCUT2D eigenvalue weighted by molar-refractivity contribution is 6.30. The number of hydrogen-bond donors (Lipinski definition) is 1. The van der Waals surface area contributed by atoms with Crippen LogP contribution in [0.1, 0.15) is 11.7 Å². The molecule has 1 unspecified atom stereocenters. The summed E-state index contributed by atoms with van der Waals surface area (Å²) in [7, 11) is 0. The fraction of sp³-hybridized carbons (Fsp3) is 0.417. The van der Waals surface area contributed by atoms with E-state index in [1.807, 2.05) is 0 Å². The number of carbonyl (C=O) groups excluding carboxylic acids is 1. The maximum Gasteiger partial charge on any atom is 0.236 e. The van der Waals surface area contributed by atoms with E-state index in [1.165, 1.54) is 12.1 Å². The van der Waals surface area contributed by atoms with Crippen LogP contribution in [0.3, 0.4) is 0 Å².